The summed E-state index contributed by atoms with van der Waals surface area (Å²) in [5.41, 5.74) is 1.68. The van der Waals surface area contributed by atoms with Gasteiger partial charge in [-0.25, -0.2) is 4.79 Å². The summed E-state index contributed by atoms with van der Waals surface area (Å²) in [5.74, 6) is 0.532. The molecule has 0 unspecified atom stereocenters. The molecule has 3 rings (SSSR count). The first-order chi connectivity index (χ1) is 14.5. The van der Waals surface area contributed by atoms with Gasteiger partial charge in [-0.15, -0.1) is 0 Å². The summed E-state index contributed by atoms with van der Waals surface area (Å²) in [5, 5.41) is 0. The van der Waals surface area contributed by atoms with E-state index in [0.29, 0.717) is 38.6 Å². The topological polar surface area (TPSA) is 65.1 Å². The Morgan fingerprint density at radius 1 is 1.13 bits per heavy atom. The first-order valence-corrected chi connectivity index (χ1v) is 10.6. The molecule has 1 aliphatic rings. The van der Waals surface area contributed by atoms with Crippen LogP contribution in [-0.2, 0) is 9.53 Å². The van der Waals surface area contributed by atoms with Crippen LogP contribution in [0.3, 0.4) is 0 Å². The lowest BCUT2D eigenvalue weighted by Crippen LogP contribution is -2.27. The first kappa shape index (κ1) is 21.9. The lowest BCUT2D eigenvalue weighted by atomic mass is 10.1. The highest BCUT2D eigenvalue weighted by Gasteiger charge is 2.33. The smallest absolute Gasteiger partial charge is 0.338 e. The molecule has 0 aliphatic carbocycles. The third-order valence-electron chi connectivity index (χ3n) is 4.19. The van der Waals surface area contributed by atoms with Gasteiger partial charge in [-0.3, -0.25) is 9.69 Å². The van der Waals surface area contributed by atoms with Crippen molar-refractivity contribution in [2.24, 2.45) is 0 Å². The van der Waals surface area contributed by atoms with Gasteiger partial charge >= 0.3 is 5.97 Å². The van der Waals surface area contributed by atoms with E-state index in [1.165, 1.54) is 16.7 Å². The number of carbonyl (C=O) groups excluding carboxylic acids is 2. The number of benzene rings is 2. The Morgan fingerprint density at radius 3 is 2.63 bits per heavy atom. The zero-order valence-electron chi connectivity index (χ0n) is 16.8. The van der Waals surface area contributed by atoms with Crippen molar-refractivity contribution in [3.05, 3.63) is 58.5 Å². The molecule has 1 fully saturated rings. The summed E-state index contributed by atoms with van der Waals surface area (Å²) >= 11 is 6.63. The summed E-state index contributed by atoms with van der Waals surface area (Å²) < 4.78 is 16.3. The number of rotatable bonds is 7. The standard InChI is InChI=1S/C22H21NO5S2/c1-4-27-17-10-9-14(11-18(17)26-3)12-19-20(24)23(22(29)30-19)16-8-6-7-15(13-16)21(25)28-5-2/h6-13H,4-5H2,1-3H3/b19-12-. The molecule has 0 radical (unpaired) electrons. The molecule has 0 atom stereocenters. The number of thioether (sulfide) groups is 1. The van der Waals surface area contributed by atoms with Gasteiger partial charge in [-0.1, -0.05) is 36.1 Å². The number of thiocarbonyl (C=S) groups is 1. The van der Waals surface area contributed by atoms with Gasteiger partial charge in [-0.05, 0) is 55.8 Å². The van der Waals surface area contributed by atoms with E-state index in [2.05, 4.69) is 0 Å². The van der Waals surface area contributed by atoms with E-state index in [9.17, 15) is 9.59 Å². The van der Waals surface area contributed by atoms with Crippen molar-refractivity contribution in [2.75, 3.05) is 25.2 Å². The molecule has 0 N–H and O–H groups in total. The van der Waals surface area contributed by atoms with E-state index in [-0.39, 0.29) is 12.5 Å². The molecular weight excluding hydrogens is 422 g/mol. The molecule has 30 heavy (non-hydrogen) atoms. The molecule has 2 aromatic carbocycles. The Kier molecular flexibility index (Phi) is 7.12. The number of nitrogens with zero attached hydrogens (tertiary/aromatic N) is 1. The minimum Gasteiger partial charge on any atom is -0.493 e. The van der Waals surface area contributed by atoms with Crippen molar-refractivity contribution in [2.45, 2.75) is 13.8 Å². The number of methoxy groups -OCH3 is 1. The fourth-order valence-corrected chi connectivity index (χ4v) is 4.18. The number of hydrogen-bond donors (Lipinski definition) is 0. The predicted molar refractivity (Wildman–Crippen MR) is 122 cm³/mol. The molecule has 1 amide bonds. The molecule has 1 saturated heterocycles. The van der Waals surface area contributed by atoms with Crippen LogP contribution in [-0.4, -0.2) is 36.5 Å². The third kappa shape index (κ3) is 4.66. The Morgan fingerprint density at radius 2 is 1.93 bits per heavy atom. The van der Waals surface area contributed by atoms with Gasteiger partial charge in [0.05, 0.1) is 36.5 Å². The van der Waals surface area contributed by atoms with Crippen LogP contribution in [0.25, 0.3) is 6.08 Å². The third-order valence-corrected chi connectivity index (χ3v) is 5.50. The van der Waals surface area contributed by atoms with Crippen molar-refractivity contribution in [3.8, 4) is 11.5 Å². The number of carbonyl (C=O) groups is 2. The summed E-state index contributed by atoms with van der Waals surface area (Å²) in [7, 11) is 1.57. The van der Waals surface area contributed by atoms with Crippen molar-refractivity contribution in [1.82, 2.24) is 0 Å². The van der Waals surface area contributed by atoms with Crippen molar-refractivity contribution < 1.29 is 23.8 Å². The van der Waals surface area contributed by atoms with Gasteiger partial charge in [0.15, 0.2) is 15.8 Å². The van der Waals surface area contributed by atoms with E-state index in [0.717, 1.165) is 5.56 Å². The molecule has 6 nitrogen and oxygen atoms in total. The van der Waals surface area contributed by atoms with E-state index in [1.807, 2.05) is 13.0 Å². The van der Waals surface area contributed by atoms with Gasteiger partial charge in [0.25, 0.3) is 5.91 Å². The van der Waals surface area contributed by atoms with Crippen LogP contribution in [0.5, 0.6) is 11.5 Å². The van der Waals surface area contributed by atoms with Crippen LogP contribution < -0.4 is 14.4 Å². The van der Waals surface area contributed by atoms with E-state index < -0.39 is 5.97 Å². The number of anilines is 1. The number of ether oxygens (including phenoxy) is 3. The Labute approximate surface area is 184 Å². The average Bonchev–Trinajstić information content (AvgIpc) is 3.02. The highest BCUT2D eigenvalue weighted by molar-refractivity contribution is 8.27. The summed E-state index contributed by atoms with van der Waals surface area (Å²) in [6.45, 7) is 4.44. The lowest BCUT2D eigenvalue weighted by molar-refractivity contribution is -0.113. The Bertz CT molecular complexity index is 1020. The zero-order valence-corrected chi connectivity index (χ0v) is 18.5. The van der Waals surface area contributed by atoms with Crippen LogP contribution in [0.4, 0.5) is 5.69 Å². The van der Waals surface area contributed by atoms with E-state index >= 15 is 0 Å². The summed E-state index contributed by atoms with van der Waals surface area (Å²) in [6, 6.07) is 12.1. The molecule has 0 bridgehead atoms. The van der Waals surface area contributed by atoms with E-state index in [4.69, 9.17) is 26.4 Å². The zero-order chi connectivity index (χ0) is 21.7. The van der Waals surface area contributed by atoms with Crippen molar-refractivity contribution in [1.29, 1.82) is 0 Å². The molecule has 2 aromatic rings. The number of esters is 1. The highest BCUT2D eigenvalue weighted by atomic mass is 32.2. The number of amides is 1. The summed E-state index contributed by atoms with van der Waals surface area (Å²) in [6.07, 6.45) is 1.76. The predicted octanol–water partition coefficient (Wildman–Crippen LogP) is 4.68. The van der Waals surface area contributed by atoms with Gasteiger partial charge < -0.3 is 14.2 Å². The lowest BCUT2D eigenvalue weighted by Gasteiger charge is -2.15. The van der Waals surface area contributed by atoms with Crippen LogP contribution in [0.15, 0.2) is 47.4 Å². The minimum atomic E-state index is -0.443. The summed E-state index contributed by atoms with van der Waals surface area (Å²) in [4.78, 5) is 26.9. The SMILES string of the molecule is CCOC(=O)c1cccc(N2C(=O)/C(=C/c3ccc(OCC)c(OC)c3)SC2=S)c1. The molecule has 0 aromatic heterocycles. The maximum Gasteiger partial charge on any atom is 0.338 e. The van der Waals surface area contributed by atoms with Crippen LogP contribution >= 0.6 is 24.0 Å². The van der Waals surface area contributed by atoms with Crippen LogP contribution in [0.1, 0.15) is 29.8 Å². The second-order valence-electron chi connectivity index (χ2n) is 6.13. The van der Waals surface area contributed by atoms with Gasteiger partial charge in [0.1, 0.15) is 0 Å². The van der Waals surface area contributed by atoms with E-state index in [1.54, 1.807) is 56.5 Å². The minimum absolute atomic E-state index is 0.251. The molecule has 1 aliphatic heterocycles. The van der Waals surface area contributed by atoms with Crippen LogP contribution in [0.2, 0.25) is 0 Å². The monoisotopic (exact) mass is 443 g/mol. The fraction of sp³-hybridized carbons (Fsp3) is 0.227. The second kappa shape index (κ2) is 9.77. The molecule has 1 heterocycles. The largest absolute Gasteiger partial charge is 0.493 e. The van der Waals surface area contributed by atoms with Crippen LogP contribution in [0, 0.1) is 0 Å². The maximum absolute atomic E-state index is 13.0. The molecule has 8 heteroatoms. The van der Waals surface area contributed by atoms with Gasteiger partial charge in [-0.2, -0.15) is 0 Å². The molecular formula is C22H21NO5S2. The average molecular weight is 444 g/mol. The highest BCUT2D eigenvalue weighted by Crippen LogP contribution is 2.37. The molecule has 0 saturated carbocycles. The second-order valence-corrected chi connectivity index (χ2v) is 7.81. The first-order valence-electron chi connectivity index (χ1n) is 9.34. The van der Waals surface area contributed by atoms with Gasteiger partial charge in [0.2, 0.25) is 0 Å². The Balaban J connectivity index is 1.88. The normalized spacial score (nSPS) is 14.9. The number of hydrogen-bond acceptors (Lipinski definition) is 7. The molecule has 0 spiro atoms. The molecule has 156 valence electrons. The van der Waals surface area contributed by atoms with Crippen molar-refractivity contribution in [3.63, 3.8) is 0 Å². The quantitative estimate of drug-likeness (QED) is 0.350. The van der Waals surface area contributed by atoms with Crippen molar-refractivity contribution >= 4 is 51.9 Å². The fourth-order valence-electron chi connectivity index (χ4n) is 2.88. The van der Waals surface area contributed by atoms with Gasteiger partial charge in [0, 0.05) is 0 Å². The maximum atomic E-state index is 13.0. The Hall–Kier alpha value is -2.84.